The summed E-state index contributed by atoms with van der Waals surface area (Å²) in [5.41, 5.74) is 6.95. The molecular formula is C16H22N2O4S. The van der Waals surface area contributed by atoms with Crippen molar-refractivity contribution in [1.82, 2.24) is 0 Å². The predicted octanol–water partition coefficient (Wildman–Crippen LogP) is 2.25. The van der Waals surface area contributed by atoms with Gasteiger partial charge < -0.3 is 15.8 Å². The third kappa shape index (κ3) is 4.31. The number of rotatable bonds is 6. The van der Waals surface area contributed by atoms with Gasteiger partial charge in [0.2, 0.25) is 5.91 Å². The molecule has 0 fully saturated rings. The van der Waals surface area contributed by atoms with Crippen LogP contribution >= 0.6 is 11.3 Å². The number of hydrogen-bond acceptors (Lipinski definition) is 5. The molecule has 0 aromatic carbocycles. The molecule has 1 unspecified atom stereocenters. The number of nitrogens with two attached hydrogens (primary N) is 1. The summed E-state index contributed by atoms with van der Waals surface area (Å²) < 4.78 is 4.54. The van der Waals surface area contributed by atoms with Crippen molar-refractivity contribution >= 4 is 34.1 Å². The number of methoxy groups -OCH3 is 1. The molecule has 126 valence electrons. The van der Waals surface area contributed by atoms with E-state index in [1.165, 1.54) is 18.4 Å². The Labute approximate surface area is 139 Å². The Bertz CT molecular complexity index is 624. The molecule has 23 heavy (non-hydrogen) atoms. The van der Waals surface area contributed by atoms with Gasteiger partial charge in [-0.05, 0) is 37.2 Å². The fourth-order valence-corrected chi connectivity index (χ4v) is 4.22. The second-order valence-electron chi connectivity index (χ2n) is 5.90. The van der Waals surface area contributed by atoms with E-state index in [4.69, 9.17) is 5.73 Å². The quantitative estimate of drug-likeness (QED) is 0.777. The van der Waals surface area contributed by atoms with Crippen LogP contribution in [-0.4, -0.2) is 24.9 Å². The van der Waals surface area contributed by atoms with Crippen LogP contribution in [0.15, 0.2) is 0 Å². The van der Waals surface area contributed by atoms with E-state index in [1.807, 2.05) is 0 Å². The average molecular weight is 338 g/mol. The molecule has 1 atom stereocenters. The molecule has 0 spiro atoms. The fraction of sp³-hybridized carbons (Fsp3) is 0.562. The summed E-state index contributed by atoms with van der Waals surface area (Å²) in [5.74, 6) is -0.480. The van der Waals surface area contributed by atoms with Gasteiger partial charge in [-0.3, -0.25) is 14.4 Å². The number of primary amides is 1. The van der Waals surface area contributed by atoms with Gasteiger partial charge in [-0.25, -0.2) is 0 Å². The summed E-state index contributed by atoms with van der Waals surface area (Å²) in [4.78, 5) is 36.0. The molecule has 1 aromatic rings. The molecule has 1 aromatic heterocycles. The van der Waals surface area contributed by atoms with Gasteiger partial charge in [-0.1, -0.05) is 6.92 Å². The summed E-state index contributed by atoms with van der Waals surface area (Å²) in [5, 5.41) is 3.32. The van der Waals surface area contributed by atoms with E-state index >= 15 is 0 Å². The van der Waals surface area contributed by atoms with Gasteiger partial charge in [-0.2, -0.15) is 0 Å². The number of amides is 2. The Morgan fingerprint density at radius 2 is 2.09 bits per heavy atom. The number of thiophene rings is 1. The van der Waals surface area contributed by atoms with Crippen LogP contribution in [0.2, 0.25) is 0 Å². The van der Waals surface area contributed by atoms with Crippen molar-refractivity contribution in [2.24, 2.45) is 11.7 Å². The van der Waals surface area contributed by atoms with E-state index < -0.39 is 5.91 Å². The minimum Gasteiger partial charge on any atom is -0.469 e. The molecule has 0 saturated carbocycles. The highest BCUT2D eigenvalue weighted by molar-refractivity contribution is 7.17. The zero-order chi connectivity index (χ0) is 17.0. The van der Waals surface area contributed by atoms with Crippen molar-refractivity contribution in [2.75, 3.05) is 12.4 Å². The van der Waals surface area contributed by atoms with Crippen LogP contribution in [0.1, 0.15) is 53.4 Å². The maximum atomic E-state index is 12.0. The van der Waals surface area contributed by atoms with Gasteiger partial charge in [0.15, 0.2) is 0 Å². The highest BCUT2D eigenvalue weighted by atomic mass is 32.1. The molecule has 0 aliphatic heterocycles. The first-order valence-corrected chi connectivity index (χ1v) is 8.55. The molecule has 3 N–H and O–H groups in total. The SMILES string of the molecule is COC(=O)CCCC(=O)Nc1sc2c(c1C(N)=O)CCC(C)C2. The van der Waals surface area contributed by atoms with Crippen LogP contribution < -0.4 is 11.1 Å². The van der Waals surface area contributed by atoms with Crippen molar-refractivity contribution < 1.29 is 19.1 Å². The topological polar surface area (TPSA) is 98.5 Å². The molecule has 1 aliphatic rings. The first-order valence-electron chi connectivity index (χ1n) is 7.73. The van der Waals surface area contributed by atoms with E-state index in [9.17, 15) is 14.4 Å². The van der Waals surface area contributed by atoms with Gasteiger partial charge in [0.1, 0.15) is 5.00 Å². The molecule has 2 amide bonds. The Hall–Kier alpha value is -1.89. The van der Waals surface area contributed by atoms with Gasteiger partial charge in [0.05, 0.1) is 12.7 Å². The average Bonchev–Trinajstić information content (AvgIpc) is 2.83. The maximum absolute atomic E-state index is 12.0. The van der Waals surface area contributed by atoms with Crippen LogP contribution in [0, 0.1) is 5.92 Å². The number of ether oxygens (including phenoxy) is 1. The number of carbonyl (C=O) groups is 3. The molecule has 6 nitrogen and oxygen atoms in total. The van der Waals surface area contributed by atoms with Crippen LogP contribution in [0.25, 0.3) is 0 Å². The highest BCUT2D eigenvalue weighted by Crippen LogP contribution is 2.39. The molecule has 7 heteroatoms. The summed E-state index contributed by atoms with van der Waals surface area (Å²) in [7, 11) is 1.32. The Morgan fingerprint density at radius 1 is 1.35 bits per heavy atom. The minimum absolute atomic E-state index is 0.199. The molecule has 2 rings (SSSR count). The second-order valence-corrected chi connectivity index (χ2v) is 7.00. The van der Waals surface area contributed by atoms with Crippen molar-refractivity contribution in [3.63, 3.8) is 0 Å². The highest BCUT2D eigenvalue weighted by Gasteiger charge is 2.27. The molecule has 0 bridgehead atoms. The maximum Gasteiger partial charge on any atom is 0.305 e. The monoisotopic (exact) mass is 338 g/mol. The lowest BCUT2D eigenvalue weighted by Crippen LogP contribution is -2.19. The smallest absolute Gasteiger partial charge is 0.305 e. The van der Waals surface area contributed by atoms with E-state index in [0.29, 0.717) is 22.9 Å². The Kier molecular flexibility index (Phi) is 5.76. The van der Waals surface area contributed by atoms with E-state index in [0.717, 1.165) is 29.7 Å². The number of anilines is 1. The Balaban J connectivity index is 2.06. The zero-order valence-corrected chi connectivity index (χ0v) is 14.3. The van der Waals surface area contributed by atoms with Crippen LogP contribution in [0.4, 0.5) is 5.00 Å². The molecule has 1 aliphatic carbocycles. The third-order valence-corrected chi connectivity index (χ3v) is 5.19. The summed E-state index contributed by atoms with van der Waals surface area (Å²) in [6, 6.07) is 0. The third-order valence-electron chi connectivity index (χ3n) is 4.02. The van der Waals surface area contributed by atoms with Gasteiger partial charge in [-0.15, -0.1) is 11.3 Å². The van der Waals surface area contributed by atoms with Crippen molar-refractivity contribution in [2.45, 2.75) is 45.4 Å². The summed E-state index contributed by atoms with van der Waals surface area (Å²) >= 11 is 1.44. The number of fused-ring (bicyclic) bond motifs is 1. The molecule has 1 heterocycles. The van der Waals surface area contributed by atoms with Crippen LogP contribution in [-0.2, 0) is 27.2 Å². The fourth-order valence-electron chi connectivity index (χ4n) is 2.78. The first kappa shape index (κ1) is 17.5. The normalized spacial score (nSPS) is 16.5. The van der Waals surface area contributed by atoms with Gasteiger partial charge >= 0.3 is 5.97 Å². The van der Waals surface area contributed by atoms with Gasteiger partial charge in [0.25, 0.3) is 5.91 Å². The number of nitrogens with one attached hydrogen (secondary N) is 1. The van der Waals surface area contributed by atoms with Crippen molar-refractivity contribution in [3.05, 3.63) is 16.0 Å². The zero-order valence-electron chi connectivity index (χ0n) is 13.4. The van der Waals surface area contributed by atoms with E-state index in [1.54, 1.807) is 0 Å². The second kappa shape index (κ2) is 7.59. The lowest BCUT2D eigenvalue weighted by Gasteiger charge is -2.18. The predicted molar refractivity (Wildman–Crippen MR) is 88.5 cm³/mol. The van der Waals surface area contributed by atoms with Crippen molar-refractivity contribution in [1.29, 1.82) is 0 Å². The first-order chi connectivity index (χ1) is 10.9. The lowest BCUT2D eigenvalue weighted by atomic mass is 9.88. The van der Waals surface area contributed by atoms with Crippen LogP contribution in [0.3, 0.4) is 0 Å². The van der Waals surface area contributed by atoms with Gasteiger partial charge in [0, 0.05) is 17.7 Å². The van der Waals surface area contributed by atoms with E-state index in [2.05, 4.69) is 17.0 Å². The largest absolute Gasteiger partial charge is 0.469 e. The number of esters is 1. The Morgan fingerprint density at radius 3 is 2.74 bits per heavy atom. The summed E-state index contributed by atoms with van der Waals surface area (Å²) in [6.45, 7) is 2.18. The van der Waals surface area contributed by atoms with Crippen molar-refractivity contribution in [3.8, 4) is 0 Å². The molecule has 0 saturated heterocycles. The minimum atomic E-state index is -0.498. The molecular weight excluding hydrogens is 316 g/mol. The van der Waals surface area contributed by atoms with Crippen LogP contribution in [0.5, 0.6) is 0 Å². The number of carbonyl (C=O) groups excluding carboxylic acids is 3. The standard InChI is InChI=1S/C16H22N2O4S/c1-9-6-7-10-11(8-9)23-16(14(10)15(17)21)18-12(19)4-3-5-13(20)22-2/h9H,3-8H2,1-2H3,(H2,17,21)(H,18,19). The lowest BCUT2D eigenvalue weighted by molar-refractivity contribution is -0.140. The van der Waals surface area contributed by atoms with E-state index in [-0.39, 0.29) is 24.7 Å². The summed E-state index contributed by atoms with van der Waals surface area (Å²) in [6.07, 6.45) is 3.57. The molecule has 0 radical (unpaired) electrons. The number of hydrogen-bond donors (Lipinski definition) is 2.